The number of hydrogen-bond donors (Lipinski definition) is 2. The third-order valence-electron chi connectivity index (χ3n) is 0.753. The van der Waals surface area contributed by atoms with Crippen molar-refractivity contribution in [2.45, 2.75) is 19.8 Å². The van der Waals surface area contributed by atoms with Gasteiger partial charge in [-0.1, -0.05) is 19.4 Å². The summed E-state index contributed by atoms with van der Waals surface area (Å²) >= 11 is 0. The summed E-state index contributed by atoms with van der Waals surface area (Å²) in [6.45, 7) is 2.03. The molecule has 0 rings (SSSR count). The summed E-state index contributed by atoms with van der Waals surface area (Å²) in [5, 5.41) is 0. The molecule has 3 nitrogen and oxygen atoms in total. The number of thiol groups is 1. The Morgan fingerprint density at radius 1 is 1.56 bits per heavy atom. The van der Waals surface area contributed by atoms with Crippen LogP contribution in [0.25, 0.3) is 0 Å². The van der Waals surface area contributed by atoms with Crippen molar-refractivity contribution in [2.24, 2.45) is 0 Å². The molecule has 1 N–H and O–H groups in total. The van der Waals surface area contributed by atoms with E-state index in [0.29, 0.717) is 0 Å². The topological polar surface area (TPSA) is 46.2 Å². The molecule has 0 saturated heterocycles. The van der Waals surface area contributed by atoms with Crippen LogP contribution in [0.15, 0.2) is 12.3 Å². The van der Waals surface area contributed by atoms with Crippen molar-refractivity contribution in [3.05, 3.63) is 12.3 Å². The summed E-state index contributed by atoms with van der Waals surface area (Å²) in [6, 6.07) is 0. The molecule has 0 saturated carbocycles. The van der Waals surface area contributed by atoms with Crippen LogP contribution in [0, 0.1) is 0 Å². The lowest BCUT2D eigenvalue weighted by atomic mass is 10.3. The average molecular weight is 149 g/mol. The highest BCUT2D eigenvalue weighted by molar-refractivity contribution is 7.70. The van der Waals surface area contributed by atoms with E-state index >= 15 is 0 Å². The van der Waals surface area contributed by atoms with Crippen molar-refractivity contribution in [2.75, 3.05) is 0 Å². The summed E-state index contributed by atoms with van der Waals surface area (Å²) in [5.41, 5.74) is 0. The van der Waals surface area contributed by atoms with E-state index in [1.54, 1.807) is 6.08 Å². The van der Waals surface area contributed by atoms with Gasteiger partial charge in [-0.25, -0.2) is 8.42 Å². The maximum absolute atomic E-state index is 9.84. The second-order valence-corrected chi connectivity index (χ2v) is 2.35. The van der Waals surface area contributed by atoms with Crippen LogP contribution in [0.5, 0.6) is 0 Å². The van der Waals surface area contributed by atoms with Gasteiger partial charge in [0.15, 0.2) is 0 Å². The van der Waals surface area contributed by atoms with Crippen LogP contribution in [0.4, 0.5) is 0 Å². The molecule has 0 aromatic heterocycles. The first kappa shape index (κ1) is 8.49. The van der Waals surface area contributed by atoms with Crippen LogP contribution >= 0.6 is 0 Å². The summed E-state index contributed by atoms with van der Waals surface area (Å²) in [7, 11) is -2.45. The van der Waals surface area contributed by atoms with Crippen molar-refractivity contribution >= 4 is 10.9 Å². The molecule has 0 unspecified atom stereocenters. The van der Waals surface area contributed by atoms with Crippen molar-refractivity contribution in [3.63, 3.8) is 0 Å². The zero-order chi connectivity index (χ0) is 7.11. The highest BCUT2D eigenvalue weighted by atomic mass is 32.2. The van der Waals surface area contributed by atoms with E-state index in [1.165, 1.54) is 6.20 Å². The van der Waals surface area contributed by atoms with Gasteiger partial charge in [-0.2, -0.15) is 0 Å². The van der Waals surface area contributed by atoms with Gasteiger partial charge in [0.25, 0.3) is 0 Å². The van der Waals surface area contributed by atoms with Gasteiger partial charge in [0.05, 0.1) is 0 Å². The van der Waals surface area contributed by atoms with Gasteiger partial charge in [-0.15, -0.1) is 0 Å². The number of hydrogen-bond acceptors (Lipinski definition) is 2. The standard InChI is InChI=1S/C5H11NO2S/c1-2-3-4-5-6-9(7)8/h4-5,9H,2-3H2,1H3,(H,6,7,8). The molecule has 0 aromatic rings. The second-order valence-electron chi connectivity index (χ2n) is 1.58. The summed E-state index contributed by atoms with van der Waals surface area (Å²) < 4.78 is 21.8. The van der Waals surface area contributed by atoms with Gasteiger partial charge in [0.1, 0.15) is 0 Å². The Morgan fingerprint density at radius 3 is 2.67 bits per heavy atom. The maximum atomic E-state index is 9.84. The van der Waals surface area contributed by atoms with E-state index in [2.05, 4.69) is 4.72 Å². The Balaban J connectivity index is 3.25. The van der Waals surface area contributed by atoms with Crippen LogP contribution in [0.3, 0.4) is 0 Å². The molecule has 0 fully saturated rings. The third-order valence-corrected chi connectivity index (χ3v) is 1.11. The average Bonchev–Trinajstić information content (AvgIpc) is 1.80. The van der Waals surface area contributed by atoms with Gasteiger partial charge in [-0.3, -0.25) is 4.72 Å². The van der Waals surface area contributed by atoms with Gasteiger partial charge in [-0.05, 0) is 6.42 Å². The molecule has 0 radical (unpaired) electrons. The molecule has 54 valence electrons. The molecule has 9 heavy (non-hydrogen) atoms. The fourth-order valence-electron chi connectivity index (χ4n) is 0.364. The summed E-state index contributed by atoms with van der Waals surface area (Å²) in [4.78, 5) is 0. The van der Waals surface area contributed by atoms with Gasteiger partial charge in [0.2, 0.25) is 10.9 Å². The Labute approximate surface area is 56.9 Å². The Bertz CT molecular complexity index is 143. The van der Waals surface area contributed by atoms with E-state index in [1.807, 2.05) is 6.92 Å². The lowest BCUT2D eigenvalue weighted by Crippen LogP contribution is -1.99. The van der Waals surface area contributed by atoms with E-state index in [0.717, 1.165) is 12.8 Å². The van der Waals surface area contributed by atoms with E-state index < -0.39 is 10.9 Å². The summed E-state index contributed by atoms with van der Waals surface area (Å²) in [6.07, 6.45) is 5.17. The van der Waals surface area contributed by atoms with Gasteiger partial charge >= 0.3 is 0 Å². The Hall–Kier alpha value is -0.510. The van der Waals surface area contributed by atoms with Gasteiger partial charge in [0, 0.05) is 6.20 Å². The SMILES string of the molecule is CCCC=CN[SH](=O)=O. The first-order chi connectivity index (χ1) is 4.27. The normalized spacial score (nSPS) is 10.9. The van der Waals surface area contributed by atoms with E-state index in [-0.39, 0.29) is 0 Å². The Kier molecular flexibility index (Phi) is 5.30. The number of nitrogens with one attached hydrogen (secondary N) is 1. The number of rotatable bonds is 4. The molecule has 0 bridgehead atoms. The monoisotopic (exact) mass is 149 g/mol. The van der Waals surface area contributed by atoms with Crippen LogP contribution in [-0.2, 0) is 10.9 Å². The van der Waals surface area contributed by atoms with E-state index in [9.17, 15) is 8.42 Å². The van der Waals surface area contributed by atoms with Crippen LogP contribution in [0.1, 0.15) is 19.8 Å². The van der Waals surface area contributed by atoms with E-state index in [4.69, 9.17) is 0 Å². The number of allylic oxidation sites excluding steroid dienone is 1. The molecule has 0 aliphatic carbocycles. The van der Waals surface area contributed by atoms with Crippen molar-refractivity contribution in [3.8, 4) is 0 Å². The lowest BCUT2D eigenvalue weighted by Gasteiger charge is -1.84. The molecule has 0 aromatic carbocycles. The van der Waals surface area contributed by atoms with Crippen molar-refractivity contribution in [1.82, 2.24) is 4.72 Å². The van der Waals surface area contributed by atoms with Gasteiger partial charge < -0.3 is 0 Å². The molecule has 0 spiro atoms. The van der Waals surface area contributed by atoms with Crippen molar-refractivity contribution < 1.29 is 8.42 Å². The highest BCUT2D eigenvalue weighted by Gasteiger charge is 1.72. The minimum absolute atomic E-state index is 0.913. The summed E-state index contributed by atoms with van der Waals surface area (Å²) in [5.74, 6) is 0. The fraction of sp³-hybridized carbons (Fsp3) is 0.600. The third kappa shape index (κ3) is 7.49. The zero-order valence-corrected chi connectivity index (χ0v) is 6.23. The Morgan fingerprint density at radius 2 is 2.22 bits per heavy atom. The molecule has 0 aliphatic heterocycles. The number of unbranched alkanes of at least 4 members (excludes halogenated alkanes) is 1. The van der Waals surface area contributed by atoms with Crippen LogP contribution < -0.4 is 4.72 Å². The van der Waals surface area contributed by atoms with Crippen LogP contribution in [-0.4, -0.2) is 8.42 Å². The quantitative estimate of drug-likeness (QED) is 0.569. The first-order valence-electron chi connectivity index (χ1n) is 2.83. The predicted molar refractivity (Wildman–Crippen MR) is 37.5 cm³/mol. The maximum Gasteiger partial charge on any atom is 0.222 e. The minimum Gasteiger partial charge on any atom is -0.293 e. The largest absolute Gasteiger partial charge is 0.293 e. The molecule has 0 heterocycles. The molecule has 0 amide bonds. The minimum atomic E-state index is -2.45. The lowest BCUT2D eigenvalue weighted by molar-refractivity contribution is 0.610. The predicted octanol–water partition coefficient (Wildman–Crippen LogP) is 0.416. The zero-order valence-electron chi connectivity index (χ0n) is 5.33. The molecular weight excluding hydrogens is 138 g/mol. The molecule has 0 aliphatic rings. The highest BCUT2D eigenvalue weighted by Crippen LogP contribution is 1.85. The van der Waals surface area contributed by atoms with Crippen LogP contribution in [0.2, 0.25) is 0 Å². The molecular formula is C5H11NO2S. The van der Waals surface area contributed by atoms with Crippen molar-refractivity contribution in [1.29, 1.82) is 0 Å². The fourth-order valence-corrected chi connectivity index (χ4v) is 0.591. The second kappa shape index (κ2) is 5.62. The smallest absolute Gasteiger partial charge is 0.222 e. The first-order valence-corrected chi connectivity index (χ1v) is 4.00. The molecule has 0 atom stereocenters. The molecule has 4 heteroatoms.